The maximum Gasteiger partial charge on any atom is 0.311 e. The number of ether oxygens (including phenoxy) is 1. The largest absolute Gasteiger partial charge is 0.466 e. The van der Waals surface area contributed by atoms with E-state index in [4.69, 9.17) is 4.74 Å². The molecule has 0 aliphatic carbocycles. The van der Waals surface area contributed by atoms with E-state index in [1.54, 1.807) is 0 Å². The van der Waals surface area contributed by atoms with Gasteiger partial charge in [0.15, 0.2) is 0 Å². The van der Waals surface area contributed by atoms with E-state index in [1.165, 1.54) is 4.90 Å². The Bertz CT molecular complexity index is 213. The predicted molar refractivity (Wildman–Crippen MR) is 61.5 cm³/mol. The van der Waals surface area contributed by atoms with Crippen LogP contribution < -0.4 is 4.90 Å². The van der Waals surface area contributed by atoms with Crippen LogP contribution in [-0.4, -0.2) is 45.5 Å². The molecule has 0 aliphatic rings. The summed E-state index contributed by atoms with van der Waals surface area (Å²) in [6.07, 6.45) is 1.38. The van der Waals surface area contributed by atoms with Gasteiger partial charge in [0.1, 0.15) is 0 Å². The van der Waals surface area contributed by atoms with Crippen molar-refractivity contribution in [1.29, 1.82) is 0 Å². The molecule has 0 saturated heterocycles. The van der Waals surface area contributed by atoms with Gasteiger partial charge in [-0.3, -0.25) is 9.79 Å². The summed E-state index contributed by atoms with van der Waals surface area (Å²) in [6.45, 7) is 6.03. The summed E-state index contributed by atoms with van der Waals surface area (Å²) in [5.74, 6) is -0.183. The number of hydrogen-bond acceptors (Lipinski definition) is 3. The van der Waals surface area contributed by atoms with Crippen LogP contribution in [0.2, 0.25) is 0 Å². The van der Waals surface area contributed by atoms with Gasteiger partial charge in [0, 0.05) is 18.7 Å². The zero-order valence-corrected chi connectivity index (χ0v) is 10.3. The van der Waals surface area contributed by atoms with Gasteiger partial charge < -0.3 is 9.64 Å². The topological polar surface area (TPSA) is 43.1 Å². The minimum Gasteiger partial charge on any atom is -0.466 e. The van der Waals surface area contributed by atoms with Crippen molar-refractivity contribution in [1.82, 2.24) is 0 Å². The monoisotopic (exact) mass is 215 g/mol. The quantitative estimate of drug-likeness (QED) is 0.367. The number of hydrogen-bond donors (Lipinski definition) is 1. The van der Waals surface area contributed by atoms with Crippen LogP contribution in [-0.2, 0) is 9.53 Å². The highest BCUT2D eigenvalue weighted by molar-refractivity contribution is 5.97. The number of quaternary nitrogens is 1. The van der Waals surface area contributed by atoms with Crippen molar-refractivity contribution in [2.45, 2.75) is 26.7 Å². The molecule has 0 fully saturated rings. The van der Waals surface area contributed by atoms with Crippen molar-refractivity contribution in [3.63, 3.8) is 0 Å². The van der Waals surface area contributed by atoms with E-state index in [9.17, 15) is 4.79 Å². The van der Waals surface area contributed by atoms with Gasteiger partial charge in [0.25, 0.3) is 0 Å². The van der Waals surface area contributed by atoms with E-state index in [2.05, 4.69) is 19.1 Å². The summed E-state index contributed by atoms with van der Waals surface area (Å²) in [5.41, 5.74) is 0.863. The standard InChI is InChI=1S/C11H22N2O2/c1-5-15-11(14)9-10(2)12-7-6-8-13(3)4/h5-9H2,1-4H3/p+1. The first-order valence-electron chi connectivity index (χ1n) is 5.50. The maximum absolute atomic E-state index is 11.1. The van der Waals surface area contributed by atoms with Crippen LogP contribution in [0.1, 0.15) is 26.7 Å². The molecule has 4 heteroatoms. The van der Waals surface area contributed by atoms with Crippen LogP contribution in [0.15, 0.2) is 4.99 Å². The highest BCUT2D eigenvalue weighted by Crippen LogP contribution is 1.91. The van der Waals surface area contributed by atoms with Gasteiger partial charge >= 0.3 is 5.97 Å². The van der Waals surface area contributed by atoms with E-state index in [0.717, 1.165) is 25.2 Å². The number of esters is 1. The van der Waals surface area contributed by atoms with Crippen molar-refractivity contribution < 1.29 is 14.4 Å². The lowest BCUT2D eigenvalue weighted by atomic mass is 10.3. The summed E-state index contributed by atoms with van der Waals surface area (Å²) in [6, 6.07) is 0. The van der Waals surface area contributed by atoms with Crippen LogP contribution in [0.4, 0.5) is 0 Å². The van der Waals surface area contributed by atoms with Gasteiger partial charge in [-0.1, -0.05) is 0 Å². The van der Waals surface area contributed by atoms with E-state index in [0.29, 0.717) is 13.0 Å². The fraction of sp³-hybridized carbons (Fsp3) is 0.818. The van der Waals surface area contributed by atoms with Gasteiger partial charge in [-0.2, -0.15) is 0 Å². The molecule has 88 valence electrons. The molecule has 15 heavy (non-hydrogen) atoms. The molecule has 1 N–H and O–H groups in total. The molecule has 0 saturated carbocycles. The average molecular weight is 215 g/mol. The number of aliphatic imine (C=N–C) groups is 1. The lowest BCUT2D eigenvalue weighted by molar-refractivity contribution is -0.858. The first-order valence-corrected chi connectivity index (χ1v) is 5.50. The summed E-state index contributed by atoms with van der Waals surface area (Å²) in [7, 11) is 4.24. The number of carbonyl (C=O) groups is 1. The molecule has 0 aromatic heterocycles. The molecule has 0 spiro atoms. The van der Waals surface area contributed by atoms with E-state index < -0.39 is 0 Å². The second-order valence-electron chi connectivity index (χ2n) is 3.91. The molecule has 0 aromatic rings. The molecule has 0 bridgehead atoms. The van der Waals surface area contributed by atoms with Crippen LogP contribution >= 0.6 is 0 Å². The fourth-order valence-electron chi connectivity index (χ4n) is 1.18. The Morgan fingerprint density at radius 2 is 2.07 bits per heavy atom. The summed E-state index contributed by atoms with van der Waals surface area (Å²) < 4.78 is 4.83. The number of nitrogens with one attached hydrogen (secondary N) is 1. The maximum atomic E-state index is 11.1. The van der Waals surface area contributed by atoms with Gasteiger partial charge in [-0.25, -0.2) is 0 Å². The molecule has 0 amide bonds. The zero-order valence-electron chi connectivity index (χ0n) is 10.3. The SMILES string of the molecule is CCOC(=O)CC(C)=NCCC[NH+](C)C. The van der Waals surface area contributed by atoms with Gasteiger partial charge in [0.2, 0.25) is 0 Å². The molecule has 0 aliphatic heterocycles. The lowest BCUT2D eigenvalue weighted by Gasteiger charge is -2.05. The van der Waals surface area contributed by atoms with Gasteiger partial charge in [0.05, 0.1) is 33.7 Å². The van der Waals surface area contributed by atoms with Crippen molar-refractivity contribution >= 4 is 11.7 Å². The Hall–Kier alpha value is -0.900. The van der Waals surface area contributed by atoms with E-state index >= 15 is 0 Å². The Morgan fingerprint density at radius 1 is 1.40 bits per heavy atom. The molecular weight excluding hydrogens is 192 g/mol. The van der Waals surface area contributed by atoms with Crippen LogP contribution in [0.3, 0.4) is 0 Å². The molecule has 0 rings (SSSR count). The second-order valence-corrected chi connectivity index (χ2v) is 3.91. The van der Waals surface area contributed by atoms with Crippen LogP contribution in [0.5, 0.6) is 0 Å². The Morgan fingerprint density at radius 3 is 2.60 bits per heavy atom. The highest BCUT2D eigenvalue weighted by atomic mass is 16.5. The molecule has 4 nitrogen and oxygen atoms in total. The molecule has 0 radical (unpaired) electrons. The summed E-state index contributed by atoms with van der Waals surface area (Å²) >= 11 is 0. The average Bonchev–Trinajstić information content (AvgIpc) is 2.12. The zero-order chi connectivity index (χ0) is 11.7. The Labute approximate surface area is 92.3 Å². The number of rotatable bonds is 7. The molecule has 0 atom stereocenters. The second kappa shape index (κ2) is 8.41. The van der Waals surface area contributed by atoms with E-state index in [-0.39, 0.29) is 5.97 Å². The molecule has 0 aromatic carbocycles. The van der Waals surface area contributed by atoms with Crippen molar-refractivity contribution in [2.24, 2.45) is 4.99 Å². The third-order valence-corrected chi connectivity index (χ3v) is 1.92. The van der Waals surface area contributed by atoms with Crippen molar-refractivity contribution in [3.05, 3.63) is 0 Å². The Balaban J connectivity index is 3.64. The first-order chi connectivity index (χ1) is 7.06. The van der Waals surface area contributed by atoms with Gasteiger partial charge in [-0.05, 0) is 13.8 Å². The van der Waals surface area contributed by atoms with Crippen LogP contribution in [0, 0.1) is 0 Å². The Kier molecular flexibility index (Phi) is 7.91. The van der Waals surface area contributed by atoms with Crippen LogP contribution in [0.25, 0.3) is 0 Å². The summed E-state index contributed by atoms with van der Waals surface area (Å²) in [4.78, 5) is 16.8. The third kappa shape index (κ3) is 9.41. The molecule has 0 heterocycles. The predicted octanol–water partition coefficient (Wildman–Crippen LogP) is -0.0649. The van der Waals surface area contributed by atoms with Crippen molar-refractivity contribution in [2.75, 3.05) is 33.8 Å². The molecular formula is C11H23N2O2+. The normalized spacial score (nSPS) is 11.9. The van der Waals surface area contributed by atoms with Gasteiger partial charge in [-0.15, -0.1) is 0 Å². The number of carbonyl (C=O) groups excluding carboxylic acids is 1. The minimum absolute atomic E-state index is 0.183. The first kappa shape index (κ1) is 14.1. The third-order valence-electron chi connectivity index (χ3n) is 1.92. The fourth-order valence-corrected chi connectivity index (χ4v) is 1.18. The highest BCUT2D eigenvalue weighted by Gasteiger charge is 2.03. The number of nitrogens with zero attached hydrogens (tertiary/aromatic N) is 1. The minimum atomic E-state index is -0.183. The lowest BCUT2D eigenvalue weighted by Crippen LogP contribution is -3.05. The molecule has 0 unspecified atom stereocenters. The smallest absolute Gasteiger partial charge is 0.311 e. The summed E-state index contributed by atoms with van der Waals surface area (Å²) in [5, 5.41) is 0. The van der Waals surface area contributed by atoms with Crippen molar-refractivity contribution in [3.8, 4) is 0 Å². The van der Waals surface area contributed by atoms with E-state index in [1.807, 2.05) is 13.8 Å².